The number of likely N-dealkylation sites (tertiary alicyclic amines) is 1. The summed E-state index contributed by atoms with van der Waals surface area (Å²) in [6, 6.07) is 6.37. The molecular weight excluding hydrogens is 384 g/mol. The molecule has 2 heterocycles. The molecule has 3 rings (SSSR count). The maximum atomic E-state index is 13.5. The smallest absolute Gasteiger partial charge is 0.306 e. The highest BCUT2D eigenvalue weighted by molar-refractivity contribution is 6.10. The van der Waals surface area contributed by atoms with Crippen molar-refractivity contribution in [3.8, 4) is 0 Å². The predicted molar refractivity (Wildman–Crippen MR) is 100 cm³/mol. The second-order valence-corrected chi connectivity index (χ2v) is 6.62. The summed E-state index contributed by atoms with van der Waals surface area (Å²) in [5.41, 5.74) is 1.04. The van der Waals surface area contributed by atoms with Crippen molar-refractivity contribution in [3.63, 3.8) is 0 Å². The van der Waals surface area contributed by atoms with E-state index in [4.69, 9.17) is 6.57 Å². The van der Waals surface area contributed by atoms with Gasteiger partial charge in [-0.3, -0.25) is 29.1 Å². The summed E-state index contributed by atoms with van der Waals surface area (Å²) in [5, 5.41) is 5.49. The van der Waals surface area contributed by atoms with Crippen LogP contribution in [-0.2, 0) is 9.59 Å². The highest BCUT2D eigenvalue weighted by Gasteiger charge is 2.50. The molecule has 1 atom stereocenters. The van der Waals surface area contributed by atoms with Gasteiger partial charge >= 0.3 is 6.17 Å². The van der Waals surface area contributed by atoms with E-state index in [9.17, 15) is 23.2 Å². The molecule has 3 amide bonds. The van der Waals surface area contributed by atoms with Crippen molar-refractivity contribution < 1.29 is 23.2 Å². The normalized spacial score (nSPS) is 17.6. The second kappa shape index (κ2) is 7.79. The van der Waals surface area contributed by atoms with E-state index >= 15 is 0 Å². The van der Waals surface area contributed by atoms with Crippen LogP contribution < -0.4 is 10.6 Å². The third-order valence-corrected chi connectivity index (χ3v) is 4.44. The summed E-state index contributed by atoms with van der Waals surface area (Å²) in [7, 11) is 0. The van der Waals surface area contributed by atoms with Crippen LogP contribution in [0.1, 0.15) is 23.7 Å². The molecule has 0 radical (unpaired) electrons. The number of fused-ring (bicyclic) bond motifs is 1. The fraction of sp³-hybridized carbons (Fsp3) is 0.316. The number of rotatable bonds is 4. The van der Waals surface area contributed by atoms with Crippen molar-refractivity contribution in [1.82, 2.24) is 15.2 Å². The Morgan fingerprint density at radius 3 is 2.79 bits per heavy atom. The number of halogens is 2. The quantitative estimate of drug-likeness (QED) is 0.767. The van der Waals surface area contributed by atoms with Crippen LogP contribution in [-0.4, -0.2) is 52.8 Å². The molecule has 1 aliphatic rings. The van der Waals surface area contributed by atoms with Gasteiger partial charge in [-0.1, -0.05) is 12.1 Å². The Bertz CT molecular complexity index is 1030. The van der Waals surface area contributed by atoms with E-state index in [-0.39, 0.29) is 11.5 Å². The summed E-state index contributed by atoms with van der Waals surface area (Å²) in [6.45, 7) is 6.97. The van der Waals surface area contributed by atoms with E-state index in [2.05, 4.69) is 20.5 Å². The monoisotopic (exact) mass is 401 g/mol. The number of carbonyl (C=O) groups excluding carboxylic acids is 3. The lowest BCUT2D eigenvalue weighted by Gasteiger charge is -2.16. The minimum absolute atomic E-state index is 0.212. The first kappa shape index (κ1) is 20.1. The minimum Gasteiger partial charge on any atom is -0.343 e. The molecular formula is C19H17F2N5O3. The van der Waals surface area contributed by atoms with Crippen LogP contribution in [0.25, 0.3) is 15.7 Å². The first-order chi connectivity index (χ1) is 13.7. The summed E-state index contributed by atoms with van der Waals surface area (Å²) in [4.78, 5) is 44.2. The summed E-state index contributed by atoms with van der Waals surface area (Å²) in [6.07, 6.45) is -0.561. The van der Waals surface area contributed by atoms with E-state index in [0.717, 1.165) is 4.90 Å². The van der Waals surface area contributed by atoms with Gasteiger partial charge in [0.2, 0.25) is 11.8 Å². The van der Waals surface area contributed by atoms with Gasteiger partial charge in [0.15, 0.2) is 0 Å². The van der Waals surface area contributed by atoms with Gasteiger partial charge in [-0.25, -0.2) is 15.4 Å². The number of nitrogens with zero attached hydrogens (tertiary/aromatic N) is 3. The first-order valence-corrected chi connectivity index (χ1v) is 8.69. The molecule has 1 aromatic carbocycles. The largest absolute Gasteiger partial charge is 0.343 e. The lowest BCUT2D eigenvalue weighted by atomic mass is 10.1. The van der Waals surface area contributed by atoms with Crippen LogP contribution in [0.2, 0.25) is 0 Å². The molecule has 2 N–H and O–H groups in total. The molecule has 1 aromatic heterocycles. The molecule has 0 unspecified atom stereocenters. The first-order valence-electron chi connectivity index (χ1n) is 8.69. The maximum absolute atomic E-state index is 13.5. The van der Waals surface area contributed by atoms with Gasteiger partial charge in [0, 0.05) is 18.5 Å². The number of aromatic nitrogens is 1. The van der Waals surface area contributed by atoms with Crippen molar-refractivity contribution in [2.24, 2.45) is 0 Å². The van der Waals surface area contributed by atoms with Crippen molar-refractivity contribution in [1.29, 1.82) is 0 Å². The third-order valence-electron chi connectivity index (χ3n) is 4.44. The standard InChI is InChI=1S/C19H17F2N5O3/c1-11(27)25-14-5-3-4-12-13(6-7-23-17(12)14)18(29)24-9-16(28)26-10-19(20,21)8-15(26)22-2/h3-7,15H,8-10H2,1H3,(H,24,29)(H,25,27)/t15-/m0/s1. The fourth-order valence-electron chi connectivity index (χ4n) is 3.18. The van der Waals surface area contributed by atoms with Crippen LogP contribution in [0.5, 0.6) is 0 Å². The van der Waals surface area contributed by atoms with E-state index in [1.807, 2.05) is 0 Å². The number of para-hydroxylation sites is 1. The summed E-state index contributed by atoms with van der Waals surface area (Å²) in [5.74, 6) is -4.77. The molecule has 0 bridgehead atoms. The van der Waals surface area contributed by atoms with E-state index in [1.54, 1.807) is 18.2 Å². The van der Waals surface area contributed by atoms with Crippen LogP contribution >= 0.6 is 0 Å². The van der Waals surface area contributed by atoms with Gasteiger partial charge in [-0.05, 0) is 12.1 Å². The molecule has 1 aliphatic heterocycles. The van der Waals surface area contributed by atoms with Gasteiger partial charge in [0.25, 0.3) is 11.8 Å². The Hall–Kier alpha value is -3.61. The van der Waals surface area contributed by atoms with Crippen LogP contribution in [0.4, 0.5) is 14.5 Å². The molecule has 8 nitrogen and oxygen atoms in total. The summed E-state index contributed by atoms with van der Waals surface area (Å²) >= 11 is 0. The minimum atomic E-state index is -3.11. The molecule has 10 heteroatoms. The zero-order chi connectivity index (χ0) is 21.2. The van der Waals surface area contributed by atoms with E-state index in [1.165, 1.54) is 19.2 Å². The molecule has 0 saturated carbocycles. The number of nitrogens with one attached hydrogen (secondary N) is 2. The number of amides is 3. The van der Waals surface area contributed by atoms with Crippen LogP contribution in [0, 0.1) is 6.57 Å². The molecule has 1 saturated heterocycles. The van der Waals surface area contributed by atoms with Gasteiger partial charge in [0.05, 0.1) is 29.9 Å². The van der Waals surface area contributed by atoms with Gasteiger partial charge in [-0.15, -0.1) is 0 Å². The molecule has 2 aromatic rings. The highest BCUT2D eigenvalue weighted by atomic mass is 19.3. The number of pyridine rings is 1. The SMILES string of the molecule is [C-]#[N+][C@@H]1CC(F)(F)CN1C(=O)CNC(=O)c1ccnc2c(NC(C)=O)cccc12. The molecule has 0 spiro atoms. The number of hydrogen-bond acceptors (Lipinski definition) is 4. The van der Waals surface area contributed by atoms with Crippen molar-refractivity contribution in [2.45, 2.75) is 25.4 Å². The molecule has 0 aliphatic carbocycles. The zero-order valence-corrected chi connectivity index (χ0v) is 15.4. The third kappa shape index (κ3) is 4.29. The predicted octanol–water partition coefficient (Wildman–Crippen LogP) is 2.04. The lowest BCUT2D eigenvalue weighted by Crippen LogP contribution is -2.42. The lowest BCUT2D eigenvalue weighted by molar-refractivity contribution is -0.131. The van der Waals surface area contributed by atoms with E-state index < -0.39 is 43.4 Å². The molecule has 150 valence electrons. The zero-order valence-electron chi connectivity index (χ0n) is 15.4. The van der Waals surface area contributed by atoms with Gasteiger partial charge < -0.3 is 10.6 Å². The number of anilines is 1. The van der Waals surface area contributed by atoms with Crippen molar-refractivity contribution in [3.05, 3.63) is 47.4 Å². The van der Waals surface area contributed by atoms with E-state index in [0.29, 0.717) is 16.6 Å². The fourth-order valence-corrected chi connectivity index (χ4v) is 3.18. The Morgan fingerprint density at radius 2 is 2.10 bits per heavy atom. The maximum Gasteiger partial charge on any atom is 0.306 e. The second-order valence-electron chi connectivity index (χ2n) is 6.62. The van der Waals surface area contributed by atoms with Gasteiger partial charge in [0.1, 0.15) is 6.42 Å². The number of hydrogen-bond donors (Lipinski definition) is 2. The Balaban J connectivity index is 1.76. The number of alkyl halides is 2. The Labute approximate surface area is 164 Å². The highest BCUT2D eigenvalue weighted by Crippen LogP contribution is 2.32. The Morgan fingerprint density at radius 1 is 1.34 bits per heavy atom. The van der Waals surface area contributed by atoms with Crippen LogP contribution in [0.3, 0.4) is 0 Å². The average molecular weight is 401 g/mol. The topological polar surface area (TPSA) is 95.8 Å². The molecule has 29 heavy (non-hydrogen) atoms. The van der Waals surface area contributed by atoms with Crippen molar-refractivity contribution >= 4 is 34.3 Å². The Kier molecular flexibility index (Phi) is 5.41. The summed E-state index contributed by atoms with van der Waals surface area (Å²) < 4.78 is 27.0. The average Bonchev–Trinajstić information content (AvgIpc) is 3.00. The van der Waals surface area contributed by atoms with Crippen molar-refractivity contribution in [2.75, 3.05) is 18.4 Å². The van der Waals surface area contributed by atoms with Crippen LogP contribution in [0.15, 0.2) is 30.5 Å². The molecule has 1 fully saturated rings. The number of carbonyl (C=O) groups is 3. The number of benzene rings is 1. The van der Waals surface area contributed by atoms with Gasteiger partial charge in [-0.2, -0.15) is 0 Å².